The molecule has 27 heavy (non-hydrogen) atoms. The summed E-state index contributed by atoms with van der Waals surface area (Å²) in [6.07, 6.45) is 6.59. The highest BCUT2D eigenvalue weighted by Crippen LogP contribution is 2.34. The van der Waals surface area contributed by atoms with E-state index in [1.807, 2.05) is 18.5 Å². The molecule has 1 atom stereocenters. The smallest absolute Gasteiger partial charge is 0.130 e. The van der Waals surface area contributed by atoms with Crippen molar-refractivity contribution in [1.29, 1.82) is 0 Å². The normalized spacial score (nSPS) is 20.3. The zero-order valence-electron chi connectivity index (χ0n) is 15.1. The van der Waals surface area contributed by atoms with E-state index in [9.17, 15) is 0 Å². The van der Waals surface area contributed by atoms with Gasteiger partial charge in [-0.15, -0.1) is 0 Å². The van der Waals surface area contributed by atoms with Crippen LogP contribution in [0.2, 0.25) is 0 Å². The van der Waals surface area contributed by atoms with Gasteiger partial charge in [0.25, 0.3) is 0 Å². The first kappa shape index (κ1) is 16.6. The van der Waals surface area contributed by atoms with Crippen LogP contribution < -0.4 is 15.8 Å². The zero-order valence-corrected chi connectivity index (χ0v) is 15.1. The Bertz CT molecular complexity index is 936. The Morgan fingerprint density at radius 2 is 2.07 bits per heavy atom. The molecule has 7 nitrogen and oxygen atoms in total. The van der Waals surface area contributed by atoms with Gasteiger partial charge in [-0.3, -0.25) is 15.4 Å². The zero-order chi connectivity index (χ0) is 18.1. The van der Waals surface area contributed by atoms with Gasteiger partial charge >= 0.3 is 0 Å². The number of ether oxygens (including phenoxy) is 1. The van der Waals surface area contributed by atoms with E-state index in [0.717, 1.165) is 72.8 Å². The highest BCUT2D eigenvalue weighted by atomic mass is 16.5. The fourth-order valence-corrected chi connectivity index (χ4v) is 3.82. The van der Waals surface area contributed by atoms with Crippen LogP contribution >= 0.6 is 0 Å². The maximum atomic E-state index is 5.52. The van der Waals surface area contributed by atoms with E-state index in [1.54, 1.807) is 6.20 Å². The van der Waals surface area contributed by atoms with Crippen LogP contribution in [0.1, 0.15) is 18.2 Å². The molecule has 1 unspecified atom stereocenters. The van der Waals surface area contributed by atoms with Crippen LogP contribution in [0.25, 0.3) is 22.0 Å². The lowest BCUT2D eigenvalue weighted by molar-refractivity contribution is 0.122. The Morgan fingerprint density at radius 3 is 2.85 bits per heavy atom. The molecule has 0 spiro atoms. The van der Waals surface area contributed by atoms with Gasteiger partial charge < -0.3 is 9.64 Å². The Hall–Kier alpha value is -2.61. The molecule has 5 heterocycles. The fraction of sp³-hybridized carbons (Fsp3) is 0.350. The first-order valence-electron chi connectivity index (χ1n) is 9.41. The second kappa shape index (κ2) is 7.19. The standard InChI is InChI=1S/C20H22N6O/c1-2-14(13-21-5-1)16-12-18(26-8-10-27-11-9-26)24-19-15(16)3-6-22-20(19)17-4-7-23-25-17/h1-3,5-6,12-13,17,23,25H,4,7-11H2. The summed E-state index contributed by atoms with van der Waals surface area (Å²) in [6, 6.07) is 8.47. The van der Waals surface area contributed by atoms with Crippen molar-refractivity contribution >= 4 is 16.7 Å². The number of hydrogen-bond donors (Lipinski definition) is 2. The topological polar surface area (TPSA) is 75.2 Å². The molecule has 0 aromatic carbocycles. The molecule has 2 saturated heterocycles. The van der Waals surface area contributed by atoms with Crippen LogP contribution in [-0.4, -0.2) is 47.8 Å². The number of aromatic nitrogens is 3. The van der Waals surface area contributed by atoms with E-state index in [1.165, 1.54) is 0 Å². The van der Waals surface area contributed by atoms with Gasteiger partial charge in [0.1, 0.15) is 5.82 Å². The molecular weight excluding hydrogens is 340 g/mol. The van der Waals surface area contributed by atoms with Crippen molar-refractivity contribution in [3.8, 4) is 11.1 Å². The van der Waals surface area contributed by atoms with Crippen molar-refractivity contribution in [1.82, 2.24) is 25.8 Å². The highest BCUT2D eigenvalue weighted by Gasteiger charge is 2.23. The largest absolute Gasteiger partial charge is 0.378 e. The van der Waals surface area contributed by atoms with Gasteiger partial charge in [0, 0.05) is 49.2 Å². The molecule has 3 aromatic rings. The average Bonchev–Trinajstić information content (AvgIpc) is 3.28. The number of pyridine rings is 3. The van der Waals surface area contributed by atoms with Crippen molar-refractivity contribution in [3.05, 3.63) is 48.5 Å². The third-order valence-corrected chi connectivity index (χ3v) is 5.21. The van der Waals surface area contributed by atoms with Crippen molar-refractivity contribution in [3.63, 3.8) is 0 Å². The van der Waals surface area contributed by atoms with Crippen LogP contribution in [0.5, 0.6) is 0 Å². The average molecular weight is 362 g/mol. The molecule has 2 fully saturated rings. The Kier molecular flexibility index (Phi) is 4.41. The summed E-state index contributed by atoms with van der Waals surface area (Å²) >= 11 is 0. The maximum absolute atomic E-state index is 5.52. The monoisotopic (exact) mass is 362 g/mol. The van der Waals surface area contributed by atoms with Crippen LogP contribution in [0.15, 0.2) is 42.9 Å². The first-order valence-corrected chi connectivity index (χ1v) is 9.41. The molecule has 0 radical (unpaired) electrons. The minimum Gasteiger partial charge on any atom is -0.378 e. The van der Waals surface area contributed by atoms with Crippen molar-refractivity contribution < 1.29 is 4.74 Å². The van der Waals surface area contributed by atoms with Crippen LogP contribution in [-0.2, 0) is 4.74 Å². The third-order valence-electron chi connectivity index (χ3n) is 5.21. The molecule has 0 amide bonds. The van der Waals surface area contributed by atoms with E-state index >= 15 is 0 Å². The second-order valence-corrected chi connectivity index (χ2v) is 6.87. The fourth-order valence-electron chi connectivity index (χ4n) is 3.82. The summed E-state index contributed by atoms with van der Waals surface area (Å²) < 4.78 is 5.52. The van der Waals surface area contributed by atoms with Crippen molar-refractivity contribution in [2.45, 2.75) is 12.5 Å². The Labute approximate surface area is 157 Å². The van der Waals surface area contributed by atoms with E-state index < -0.39 is 0 Å². The van der Waals surface area contributed by atoms with Crippen molar-refractivity contribution in [2.24, 2.45) is 0 Å². The summed E-state index contributed by atoms with van der Waals surface area (Å²) in [5, 5.41) is 1.11. The molecule has 3 aromatic heterocycles. The molecular formula is C20H22N6O. The minimum absolute atomic E-state index is 0.169. The number of nitrogens with zero attached hydrogens (tertiary/aromatic N) is 4. The van der Waals surface area contributed by atoms with Crippen molar-refractivity contribution in [2.75, 3.05) is 37.7 Å². The van der Waals surface area contributed by atoms with Crippen LogP contribution in [0.3, 0.4) is 0 Å². The van der Waals surface area contributed by atoms with E-state index in [0.29, 0.717) is 0 Å². The number of rotatable bonds is 3. The third kappa shape index (κ3) is 3.14. The molecule has 0 saturated carbocycles. The number of fused-ring (bicyclic) bond motifs is 1. The number of hydrogen-bond acceptors (Lipinski definition) is 7. The minimum atomic E-state index is 0.169. The molecule has 5 rings (SSSR count). The van der Waals surface area contributed by atoms with E-state index in [2.05, 4.69) is 43.9 Å². The van der Waals surface area contributed by atoms with Crippen LogP contribution in [0, 0.1) is 0 Å². The number of hydrazine groups is 1. The summed E-state index contributed by atoms with van der Waals surface area (Å²) in [6.45, 7) is 4.10. The molecule has 2 aliphatic rings. The molecule has 0 aliphatic carbocycles. The van der Waals surface area contributed by atoms with Gasteiger partial charge in [-0.05, 0) is 30.2 Å². The highest BCUT2D eigenvalue weighted by molar-refractivity contribution is 5.97. The quantitative estimate of drug-likeness (QED) is 0.739. The van der Waals surface area contributed by atoms with Gasteiger partial charge in [-0.1, -0.05) is 6.07 Å². The van der Waals surface area contributed by atoms with Gasteiger partial charge in [-0.25, -0.2) is 10.4 Å². The Morgan fingerprint density at radius 1 is 1.15 bits per heavy atom. The number of anilines is 1. The number of morpholine rings is 1. The lowest BCUT2D eigenvalue weighted by Gasteiger charge is -2.29. The van der Waals surface area contributed by atoms with Gasteiger partial charge in [0.15, 0.2) is 0 Å². The molecule has 0 bridgehead atoms. The SMILES string of the molecule is c1cncc(-c2cc(N3CCOCC3)nc3c(C4CCNN4)nccc23)c1. The van der Waals surface area contributed by atoms with E-state index in [-0.39, 0.29) is 6.04 Å². The van der Waals surface area contributed by atoms with Gasteiger partial charge in [0.2, 0.25) is 0 Å². The van der Waals surface area contributed by atoms with E-state index in [4.69, 9.17) is 9.72 Å². The summed E-state index contributed by atoms with van der Waals surface area (Å²) in [5.74, 6) is 0.977. The maximum Gasteiger partial charge on any atom is 0.130 e. The summed E-state index contributed by atoms with van der Waals surface area (Å²) in [5.41, 5.74) is 10.7. The molecule has 2 N–H and O–H groups in total. The first-order chi connectivity index (χ1) is 13.4. The lowest BCUT2D eigenvalue weighted by atomic mass is 10.00. The Balaban J connectivity index is 1.72. The molecule has 138 valence electrons. The molecule has 7 heteroatoms. The summed E-state index contributed by atoms with van der Waals surface area (Å²) in [7, 11) is 0. The lowest BCUT2D eigenvalue weighted by Crippen LogP contribution is -2.36. The predicted molar refractivity (Wildman–Crippen MR) is 104 cm³/mol. The van der Waals surface area contributed by atoms with Crippen LogP contribution in [0.4, 0.5) is 5.82 Å². The van der Waals surface area contributed by atoms with Gasteiger partial charge in [-0.2, -0.15) is 0 Å². The van der Waals surface area contributed by atoms with Gasteiger partial charge in [0.05, 0.1) is 30.5 Å². The predicted octanol–water partition coefficient (Wildman–Crippen LogP) is 2.07. The second-order valence-electron chi connectivity index (χ2n) is 6.87. The summed E-state index contributed by atoms with van der Waals surface area (Å²) in [4.78, 5) is 16.3. The molecule has 2 aliphatic heterocycles. The number of nitrogens with one attached hydrogen (secondary N) is 2.